The van der Waals surface area contributed by atoms with E-state index in [1.165, 1.54) is 17.2 Å². The number of carbonyl (C=O) groups excluding carboxylic acids is 1. The van der Waals surface area contributed by atoms with Gasteiger partial charge in [-0.15, -0.1) is 0 Å². The fourth-order valence-electron chi connectivity index (χ4n) is 5.20. The summed E-state index contributed by atoms with van der Waals surface area (Å²) in [6.45, 7) is 9.27. The van der Waals surface area contributed by atoms with Crippen LogP contribution >= 0.6 is 0 Å². The van der Waals surface area contributed by atoms with Gasteiger partial charge in [-0.05, 0) is 53.5 Å². The molecule has 38 heavy (non-hydrogen) atoms. The van der Waals surface area contributed by atoms with Crippen molar-refractivity contribution in [3.63, 3.8) is 0 Å². The number of aromatic amines is 1. The van der Waals surface area contributed by atoms with Gasteiger partial charge in [-0.1, -0.05) is 36.9 Å². The molecule has 4 heterocycles. The molecule has 8 nitrogen and oxygen atoms in total. The highest BCUT2D eigenvalue weighted by Crippen LogP contribution is 2.27. The summed E-state index contributed by atoms with van der Waals surface area (Å²) in [6.07, 6.45) is 10.5. The number of hydrogen-bond donors (Lipinski definition) is 1. The lowest BCUT2D eigenvalue weighted by Gasteiger charge is -2.34. The predicted molar refractivity (Wildman–Crippen MR) is 149 cm³/mol. The van der Waals surface area contributed by atoms with E-state index in [-0.39, 0.29) is 5.91 Å². The molecule has 2 aliphatic heterocycles. The van der Waals surface area contributed by atoms with Crippen molar-refractivity contribution in [2.75, 3.05) is 39.4 Å². The van der Waals surface area contributed by atoms with E-state index in [9.17, 15) is 4.79 Å². The van der Waals surface area contributed by atoms with Crippen LogP contribution in [0, 0.1) is 0 Å². The zero-order chi connectivity index (χ0) is 25.9. The summed E-state index contributed by atoms with van der Waals surface area (Å²) >= 11 is 0. The van der Waals surface area contributed by atoms with Crippen LogP contribution in [-0.4, -0.2) is 75.1 Å². The van der Waals surface area contributed by atoms with Crippen molar-refractivity contribution in [2.45, 2.75) is 19.0 Å². The first-order valence-electron chi connectivity index (χ1n) is 13.2. The Morgan fingerprint density at radius 3 is 2.66 bits per heavy atom. The lowest BCUT2D eigenvalue weighted by atomic mass is 10.0. The van der Waals surface area contributed by atoms with Crippen molar-refractivity contribution < 1.29 is 9.53 Å². The van der Waals surface area contributed by atoms with E-state index < -0.39 is 0 Å². The van der Waals surface area contributed by atoms with E-state index in [2.05, 4.69) is 81.5 Å². The second kappa shape index (κ2) is 10.8. The molecule has 0 spiro atoms. The average Bonchev–Trinajstić information content (AvgIpc) is 3.73. The fraction of sp³-hybridized carbons (Fsp3) is 0.300. The number of nitrogens with one attached hydrogen (secondary N) is 1. The quantitative estimate of drug-likeness (QED) is 0.375. The highest BCUT2D eigenvalue weighted by atomic mass is 16.5. The first-order valence-corrected chi connectivity index (χ1v) is 13.2. The van der Waals surface area contributed by atoms with E-state index >= 15 is 0 Å². The smallest absolute Gasteiger partial charge is 0.246 e. The Morgan fingerprint density at radius 2 is 1.89 bits per heavy atom. The van der Waals surface area contributed by atoms with Crippen LogP contribution in [0.25, 0.3) is 34.2 Å². The first-order chi connectivity index (χ1) is 18.7. The van der Waals surface area contributed by atoms with Crippen molar-refractivity contribution in [3.8, 4) is 11.1 Å². The summed E-state index contributed by atoms with van der Waals surface area (Å²) < 4.78 is 7.48. The molecular weight excluding hydrogens is 476 g/mol. The Morgan fingerprint density at radius 1 is 1.08 bits per heavy atom. The number of hydrogen-bond acceptors (Lipinski definition) is 5. The number of aromatic nitrogens is 4. The predicted octanol–water partition coefficient (Wildman–Crippen LogP) is 4.39. The van der Waals surface area contributed by atoms with Crippen LogP contribution in [0.4, 0.5) is 0 Å². The first kappa shape index (κ1) is 24.3. The standard InChI is InChI=1S/C30H32N6O2/c1-2-30(37)35-14-12-34(13-15-35)19-22-3-6-24(7-4-22)25-8-10-29-27(17-25)28(32-33-29)9-5-23-18-31-36(20-23)26-11-16-38-21-26/h2-10,17-18,20,26H,1,11-16,19,21H2,(H,32,33)/b9-5+. The monoisotopic (exact) mass is 508 g/mol. The van der Waals surface area contributed by atoms with E-state index in [1.807, 2.05) is 21.9 Å². The molecule has 8 heteroatoms. The van der Waals surface area contributed by atoms with Crippen molar-refractivity contribution in [1.29, 1.82) is 0 Å². The zero-order valence-electron chi connectivity index (χ0n) is 21.4. The lowest BCUT2D eigenvalue weighted by Crippen LogP contribution is -2.47. The highest BCUT2D eigenvalue weighted by molar-refractivity contribution is 5.92. The van der Waals surface area contributed by atoms with Crippen molar-refractivity contribution >= 4 is 29.0 Å². The van der Waals surface area contributed by atoms with Gasteiger partial charge in [-0.25, -0.2) is 0 Å². The van der Waals surface area contributed by atoms with Gasteiger partial charge in [0, 0.05) is 56.5 Å². The number of amides is 1. The minimum Gasteiger partial charge on any atom is -0.379 e. The highest BCUT2D eigenvalue weighted by Gasteiger charge is 2.20. The van der Waals surface area contributed by atoms with Gasteiger partial charge in [0.25, 0.3) is 0 Å². The van der Waals surface area contributed by atoms with E-state index in [0.29, 0.717) is 6.04 Å². The summed E-state index contributed by atoms with van der Waals surface area (Å²) in [5, 5.41) is 13.3. The van der Waals surface area contributed by atoms with Crippen LogP contribution in [0.2, 0.25) is 0 Å². The third kappa shape index (κ3) is 5.18. The molecule has 0 saturated carbocycles. The number of ether oxygens (including phenoxy) is 1. The maximum Gasteiger partial charge on any atom is 0.246 e. The second-order valence-electron chi connectivity index (χ2n) is 9.98. The normalized spacial score (nSPS) is 18.5. The van der Waals surface area contributed by atoms with Gasteiger partial charge in [0.15, 0.2) is 0 Å². The van der Waals surface area contributed by atoms with Crippen molar-refractivity contribution in [3.05, 3.63) is 84.3 Å². The fourth-order valence-corrected chi connectivity index (χ4v) is 5.20. The third-order valence-corrected chi connectivity index (χ3v) is 7.48. The minimum absolute atomic E-state index is 0.0215. The molecule has 2 aromatic carbocycles. The molecule has 1 amide bonds. The Balaban J connectivity index is 1.13. The molecule has 2 aliphatic rings. The average molecular weight is 509 g/mol. The summed E-state index contributed by atoms with van der Waals surface area (Å²) in [7, 11) is 0. The van der Waals surface area contributed by atoms with Crippen LogP contribution < -0.4 is 0 Å². The molecule has 6 rings (SSSR count). The number of rotatable bonds is 7. The van der Waals surface area contributed by atoms with Crippen molar-refractivity contribution in [1.82, 2.24) is 29.8 Å². The van der Waals surface area contributed by atoms with Gasteiger partial charge in [-0.3, -0.25) is 19.5 Å². The summed E-state index contributed by atoms with van der Waals surface area (Å²) in [6, 6.07) is 15.5. The summed E-state index contributed by atoms with van der Waals surface area (Å²) in [5.74, 6) is 0.0215. The number of piperazine rings is 1. The van der Waals surface area contributed by atoms with Gasteiger partial charge >= 0.3 is 0 Å². The number of nitrogens with zero attached hydrogens (tertiary/aromatic N) is 5. The SMILES string of the molecule is C=CC(=O)N1CCN(Cc2ccc(-c3ccc4[nH]nc(/C=C/c5cnn(C6CCOC6)c5)c4c3)cc2)CC1. The molecule has 2 fully saturated rings. The molecular formula is C30H32N6O2. The molecule has 0 bridgehead atoms. The third-order valence-electron chi connectivity index (χ3n) is 7.48. The molecule has 4 aromatic rings. The number of carbonyl (C=O) groups is 1. The maximum absolute atomic E-state index is 11.8. The van der Waals surface area contributed by atoms with E-state index in [1.54, 1.807) is 0 Å². The number of fused-ring (bicyclic) bond motifs is 1. The molecule has 1 atom stereocenters. The Kier molecular flexibility index (Phi) is 6.90. The van der Waals surface area contributed by atoms with Crippen LogP contribution in [0.3, 0.4) is 0 Å². The number of H-pyrrole nitrogens is 1. The van der Waals surface area contributed by atoms with Gasteiger partial charge in [0.2, 0.25) is 5.91 Å². The Bertz CT molecular complexity index is 1450. The van der Waals surface area contributed by atoms with E-state index in [4.69, 9.17) is 4.74 Å². The molecule has 0 radical (unpaired) electrons. The summed E-state index contributed by atoms with van der Waals surface area (Å²) in [4.78, 5) is 16.1. The van der Waals surface area contributed by atoms with Gasteiger partial charge in [0.05, 0.1) is 30.1 Å². The van der Waals surface area contributed by atoms with Crippen LogP contribution in [0.15, 0.2) is 67.5 Å². The lowest BCUT2D eigenvalue weighted by molar-refractivity contribution is -0.127. The van der Waals surface area contributed by atoms with Crippen molar-refractivity contribution in [2.24, 2.45) is 0 Å². The van der Waals surface area contributed by atoms with Gasteiger partial charge in [0.1, 0.15) is 0 Å². The molecule has 2 aromatic heterocycles. The van der Waals surface area contributed by atoms with Crippen LogP contribution in [0.5, 0.6) is 0 Å². The topological polar surface area (TPSA) is 79.3 Å². The molecule has 0 aliphatic carbocycles. The molecule has 1 N–H and O–H groups in total. The zero-order valence-corrected chi connectivity index (χ0v) is 21.4. The Labute approximate surface area is 222 Å². The van der Waals surface area contributed by atoms with Gasteiger partial charge in [-0.2, -0.15) is 10.2 Å². The second-order valence-corrected chi connectivity index (χ2v) is 9.98. The maximum atomic E-state index is 11.8. The Hall–Kier alpha value is -4.01. The van der Waals surface area contributed by atoms with E-state index in [0.717, 1.165) is 80.1 Å². The summed E-state index contributed by atoms with van der Waals surface area (Å²) in [5.41, 5.74) is 6.57. The minimum atomic E-state index is 0.0215. The van der Waals surface area contributed by atoms with Crippen LogP contribution in [-0.2, 0) is 16.1 Å². The molecule has 1 unspecified atom stereocenters. The van der Waals surface area contributed by atoms with Crippen LogP contribution in [0.1, 0.15) is 29.3 Å². The molecule has 194 valence electrons. The van der Waals surface area contributed by atoms with Gasteiger partial charge < -0.3 is 9.64 Å². The molecule has 2 saturated heterocycles. The number of benzene rings is 2. The largest absolute Gasteiger partial charge is 0.379 e.